The summed E-state index contributed by atoms with van der Waals surface area (Å²) in [6, 6.07) is 15.3. The number of likely N-dealkylation sites (N-methyl/N-ethyl adjacent to an activating group) is 1. The minimum Gasteiger partial charge on any atom is -0.492 e. The van der Waals surface area contributed by atoms with Crippen molar-refractivity contribution in [2.45, 2.75) is 0 Å². The first-order chi connectivity index (χ1) is 12.6. The predicted octanol–water partition coefficient (Wildman–Crippen LogP) is 3.43. The summed E-state index contributed by atoms with van der Waals surface area (Å²) in [5.41, 5.74) is 1.31. The summed E-state index contributed by atoms with van der Waals surface area (Å²) in [4.78, 5) is 22.5. The monoisotopic (exact) mass is 351 g/mol. The van der Waals surface area contributed by atoms with Crippen molar-refractivity contribution >= 4 is 5.91 Å². The maximum atomic E-state index is 12.8. The van der Waals surface area contributed by atoms with Gasteiger partial charge in [0.15, 0.2) is 5.82 Å². The number of nitrogens with zero attached hydrogens (tertiary/aromatic N) is 3. The number of carbonyl (C=O) groups excluding carboxylic acids is 1. The SMILES string of the molecule is CN(CCOc1ccc(F)cc1)C(=O)c1cnc(-c2ccccc2)nc1. The Balaban J connectivity index is 1.55. The first-order valence-corrected chi connectivity index (χ1v) is 8.15. The van der Waals surface area contributed by atoms with E-state index in [1.54, 1.807) is 19.2 Å². The molecule has 2 aromatic carbocycles. The van der Waals surface area contributed by atoms with Gasteiger partial charge >= 0.3 is 0 Å². The van der Waals surface area contributed by atoms with E-state index in [0.29, 0.717) is 30.3 Å². The zero-order chi connectivity index (χ0) is 18.4. The number of hydrogen-bond donors (Lipinski definition) is 0. The van der Waals surface area contributed by atoms with Crippen LogP contribution in [-0.2, 0) is 0 Å². The first kappa shape index (κ1) is 17.5. The van der Waals surface area contributed by atoms with E-state index in [0.717, 1.165) is 5.56 Å². The Kier molecular flexibility index (Phi) is 5.53. The van der Waals surface area contributed by atoms with Crippen molar-refractivity contribution in [3.05, 3.63) is 78.4 Å². The number of hydrogen-bond acceptors (Lipinski definition) is 4. The Bertz CT molecular complexity index is 852. The van der Waals surface area contributed by atoms with Gasteiger partial charge in [0.05, 0.1) is 12.1 Å². The third-order valence-corrected chi connectivity index (χ3v) is 3.79. The van der Waals surface area contributed by atoms with Crippen LogP contribution in [0.3, 0.4) is 0 Å². The largest absolute Gasteiger partial charge is 0.492 e. The van der Waals surface area contributed by atoms with Gasteiger partial charge in [0.25, 0.3) is 5.91 Å². The second-order valence-electron chi connectivity index (χ2n) is 5.69. The Labute approximate surface area is 151 Å². The summed E-state index contributed by atoms with van der Waals surface area (Å²) in [6.07, 6.45) is 3.05. The topological polar surface area (TPSA) is 55.3 Å². The highest BCUT2D eigenvalue weighted by Gasteiger charge is 2.13. The molecule has 1 heterocycles. The van der Waals surface area contributed by atoms with Crippen LogP contribution in [0.2, 0.25) is 0 Å². The fourth-order valence-electron chi connectivity index (χ4n) is 2.33. The number of aromatic nitrogens is 2. The van der Waals surface area contributed by atoms with Crippen LogP contribution in [0.25, 0.3) is 11.4 Å². The lowest BCUT2D eigenvalue weighted by molar-refractivity contribution is 0.0773. The van der Waals surface area contributed by atoms with Crippen molar-refractivity contribution in [2.75, 3.05) is 20.2 Å². The summed E-state index contributed by atoms with van der Waals surface area (Å²) in [5, 5.41) is 0. The lowest BCUT2D eigenvalue weighted by Gasteiger charge is -2.17. The van der Waals surface area contributed by atoms with Gasteiger partial charge in [0.1, 0.15) is 18.2 Å². The molecule has 0 saturated heterocycles. The molecule has 26 heavy (non-hydrogen) atoms. The predicted molar refractivity (Wildman–Crippen MR) is 96.3 cm³/mol. The third kappa shape index (κ3) is 4.42. The van der Waals surface area contributed by atoms with Crippen LogP contribution < -0.4 is 4.74 Å². The molecule has 1 aromatic heterocycles. The highest BCUT2D eigenvalue weighted by Crippen LogP contribution is 2.14. The third-order valence-electron chi connectivity index (χ3n) is 3.79. The van der Waals surface area contributed by atoms with Gasteiger partial charge in [-0.15, -0.1) is 0 Å². The van der Waals surface area contributed by atoms with Crippen LogP contribution in [0.4, 0.5) is 4.39 Å². The molecule has 0 aliphatic rings. The van der Waals surface area contributed by atoms with E-state index in [-0.39, 0.29) is 11.7 Å². The Hall–Kier alpha value is -3.28. The highest BCUT2D eigenvalue weighted by atomic mass is 19.1. The molecular weight excluding hydrogens is 333 g/mol. The van der Waals surface area contributed by atoms with Crippen LogP contribution in [0.15, 0.2) is 67.0 Å². The Morgan fingerprint density at radius 3 is 2.35 bits per heavy atom. The van der Waals surface area contributed by atoms with Crippen molar-refractivity contribution in [3.8, 4) is 17.1 Å². The lowest BCUT2D eigenvalue weighted by Crippen LogP contribution is -2.31. The summed E-state index contributed by atoms with van der Waals surface area (Å²) >= 11 is 0. The summed E-state index contributed by atoms with van der Waals surface area (Å²) in [6.45, 7) is 0.688. The lowest BCUT2D eigenvalue weighted by atomic mass is 10.2. The average molecular weight is 351 g/mol. The van der Waals surface area contributed by atoms with Crippen molar-refractivity contribution < 1.29 is 13.9 Å². The molecule has 0 unspecified atom stereocenters. The number of amides is 1. The molecule has 0 radical (unpaired) electrons. The standard InChI is InChI=1S/C20H18FN3O2/c1-24(11-12-26-18-9-7-17(21)8-10-18)20(25)16-13-22-19(23-14-16)15-5-3-2-4-6-15/h2-10,13-14H,11-12H2,1H3. The van der Waals surface area contributed by atoms with E-state index in [4.69, 9.17) is 4.74 Å². The van der Waals surface area contributed by atoms with Gasteiger partial charge in [-0.25, -0.2) is 14.4 Å². The molecule has 3 rings (SSSR count). The van der Waals surface area contributed by atoms with E-state index in [1.807, 2.05) is 30.3 Å². The maximum absolute atomic E-state index is 12.8. The van der Waals surface area contributed by atoms with Crippen LogP contribution in [0, 0.1) is 5.82 Å². The number of rotatable bonds is 6. The molecule has 6 heteroatoms. The van der Waals surface area contributed by atoms with E-state index in [9.17, 15) is 9.18 Å². The smallest absolute Gasteiger partial charge is 0.256 e. The normalized spacial score (nSPS) is 10.4. The van der Waals surface area contributed by atoms with Gasteiger partial charge in [0.2, 0.25) is 0 Å². The number of halogens is 1. The maximum Gasteiger partial charge on any atom is 0.256 e. The number of benzene rings is 2. The summed E-state index contributed by atoms with van der Waals surface area (Å²) in [5.74, 6) is 0.628. The van der Waals surface area contributed by atoms with E-state index >= 15 is 0 Å². The van der Waals surface area contributed by atoms with Crippen LogP contribution in [0.5, 0.6) is 5.75 Å². The van der Waals surface area contributed by atoms with Crippen molar-refractivity contribution in [1.29, 1.82) is 0 Å². The van der Waals surface area contributed by atoms with Crippen molar-refractivity contribution in [3.63, 3.8) is 0 Å². The molecule has 0 bridgehead atoms. The van der Waals surface area contributed by atoms with Gasteiger partial charge in [-0.05, 0) is 24.3 Å². The minimum absolute atomic E-state index is 0.188. The number of ether oxygens (including phenoxy) is 1. The zero-order valence-corrected chi connectivity index (χ0v) is 14.3. The van der Waals surface area contributed by atoms with Crippen LogP contribution >= 0.6 is 0 Å². The van der Waals surface area contributed by atoms with Gasteiger partial charge < -0.3 is 9.64 Å². The molecule has 5 nitrogen and oxygen atoms in total. The molecule has 0 N–H and O–H groups in total. The van der Waals surface area contributed by atoms with Crippen molar-refractivity contribution in [2.24, 2.45) is 0 Å². The molecule has 132 valence electrons. The quantitative estimate of drug-likeness (QED) is 0.683. The van der Waals surface area contributed by atoms with Crippen molar-refractivity contribution in [1.82, 2.24) is 14.9 Å². The second-order valence-corrected chi connectivity index (χ2v) is 5.69. The van der Waals surface area contributed by atoms with Gasteiger partial charge in [0, 0.05) is 25.0 Å². The minimum atomic E-state index is -0.316. The molecule has 0 aliphatic heterocycles. The summed E-state index contributed by atoms with van der Waals surface area (Å²) in [7, 11) is 1.68. The molecule has 0 spiro atoms. The van der Waals surface area contributed by atoms with E-state index < -0.39 is 0 Å². The van der Waals surface area contributed by atoms with Gasteiger partial charge in [-0.2, -0.15) is 0 Å². The Morgan fingerprint density at radius 1 is 1.04 bits per heavy atom. The van der Waals surface area contributed by atoms with E-state index in [2.05, 4.69) is 9.97 Å². The molecule has 1 amide bonds. The summed E-state index contributed by atoms with van der Waals surface area (Å²) < 4.78 is 18.3. The first-order valence-electron chi connectivity index (χ1n) is 8.15. The fourth-order valence-corrected chi connectivity index (χ4v) is 2.33. The van der Waals surface area contributed by atoms with Gasteiger partial charge in [-0.3, -0.25) is 4.79 Å². The van der Waals surface area contributed by atoms with Gasteiger partial charge in [-0.1, -0.05) is 30.3 Å². The van der Waals surface area contributed by atoms with Crippen LogP contribution in [-0.4, -0.2) is 41.0 Å². The Morgan fingerprint density at radius 2 is 1.69 bits per heavy atom. The van der Waals surface area contributed by atoms with E-state index in [1.165, 1.54) is 29.4 Å². The number of carbonyl (C=O) groups is 1. The second kappa shape index (κ2) is 8.20. The molecule has 3 aromatic rings. The molecule has 0 saturated carbocycles. The molecular formula is C20H18FN3O2. The van der Waals surface area contributed by atoms with Crippen LogP contribution in [0.1, 0.15) is 10.4 Å². The highest BCUT2D eigenvalue weighted by molar-refractivity contribution is 5.93. The molecule has 0 fully saturated rings. The molecule has 0 aliphatic carbocycles. The fraction of sp³-hybridized carbons (Fsp3) is 0.150. The zero-order valence-electron chi connectivity index (χ0n) is 14.3. The molecule has 0 atom stereocenters. The average Bonchev–Trinajstić information content (AvgIpc) is 2.69.